The highest BCUT2D eigenvalue weighted by Crippen LogP contribution is 2.25. The summed E-state index contributed by atoms with van der Waals surface area (Å²) in [4.78, 5) is 32.1. The number of imidazole rings is 1. The molecule has 1 aromatic carbocycles. The molecule has 4 aromatic rings. The number of aliphatic hydroxyl groups is 1. The van der Waals surface area contributed by atoms with Crippen LogP contribution < -0.4 is 5.56 Å². The molecule has 0 spiro atoms. The van der Waals surface area contributed by atoms with E-state index in [-0.39, 0.29) is 24.1 Å². The molecule has 1 N–H and O–H groups in total. The lowest BCUT2D eigenvalue weighted by atomic mass is 9.91. The molecule has 0 bridgehead atoms. The van der Waals surface area contributed by atoms with Gasteiger partial charge in [-0.3, -0.25) is 18.8 Å². The zero-order valence-corrected chi connectivity index (χ0v) is 19.9. The first-order valence-corrected chi connectivity index (χ1v) is 11.8. The number of amides is 1. The van der Waals surface area contributed by atoms with Crippen molar-refractivity contribution in [2.75, 3.05) is 13.1 Å². The Morgan fingerprint density at radius 3 is 2.60 bits per heavy atom. The summed E-state index contributed by atoms with van der Waals surface area (Å²) in [7, 11) is 0. The second-order valence-corrected chi connectivity index (χ2v) is 9.45. The number of likely N-dealkylation sites (tertiary alicyclic amines) is 1. The number of aryl methyl sites for hydroxylation is 1. The first-order valence-electron chi connectivity index (χ1n) is 11.8. The van der Waals surface area contributed by atoms with Crippen LogP contribution in [0.15, 0.2) is 60.0 Å². The summed E-state index contributed by atoms with van der Waals surface area (Å²) in [6.45, 7) is 4.97. The number of fused-ring (bicyclic) bond motifs is 1. The molecule has 0 radical (unpaired) electrons. The molecule has 1 aliphatic rings. The van der Waals surface area contributed by atoms with E-state index < -0.39 is 5.60 Å². The molecule has 0 saturated carbocycles. The molecule has 1 atom stereocenters. The monoisotopic (exact) mass is 475 g/mol. The zero-order valence-electron chi connectivity index (χ0n) is 19.9. The van der Waals surface area contributed by atoms with E-state index in [0.29, 0.717) is 43.7 Å². The van der Waals surface area contributed by atoms with Crippen molar-refractivity contribution in [3.8, 4) is 11.4 Å². The SMILES string of the molecule is Cc1ccc(-c2ncc3c(=O)n(CC4(O)CCN(C(=O)C[C@H](C)n5cccn5)CC4)cnn23)cc1. The summed E-state index contributed by atoms with van der Waals surface area (Å²) in [5, 5.41) is 19.8. The van der Waals surface area contributed by atoms with Crippen LogP contribution in [0.3, 0.4) is 0 Å². The van der Waals surface area contributed by atoms with Gasteiger partial charge in [-0.25, -0.2) is 9.50 Å². The Morgan fingerprint density at radius 2 is 1.91 bits per heavy atom. The summed E-state index contributed by atoms with van der Waals surface area (Å²) in [6, 6.07) is 9.68. The van der Waals surface area contributed by atoms with Gasteiger partial charge in [0.15, 0.2) is 11.3 Å². The van der Waals surface area contributed by atoms with Gasteiger partial charge in [0.2, 0.25) is 5.91 Å². The molecule has 4 heterocycles. The normalized spacial score (nSPS) is 16.5. The number of aromatic nitrogens is 6. The number of benzene rings is 1. The minimum Gasteiger partial charge on any atom is -0.388 e. The van der Waals surface area contributed by atoms with E-state index in [1.807, 2.05) is 50.4 Å². The average Bonchev–Trinajstić information content (AvgIpc) is 3.53. The number of piperidine rings is 1. The van der Waals surface area contributed by atoms with Crippen molar-refractivity contribution in [1.82, 2.24) is 33.8 Å². The summed E-state index contributed by atoms with van der Waals surface area (Å²) in [5.41, 5.74) is 1.02. The molecule has 1 fully saturated rings. The number of rotatable bonds is 6. The predicted molar refractivity (Wildman–Crippen MR) is 130 cm³/mol. The van der Waals surface area contributed by atoms with E-state index in [0.717, 1.165) is 11.1 Å². The van der Waals surface area contributed by atoms with E-state index in [9.17, 15) is 14.7 Å². The second-order valence-electron chi connectivity index (χ2n) is 9.45. The van der Waals surface area contributed by atoms with E-state index >= 15 is 0 Å². The average molecular weight is 476 g/mol. The summed E-state index contributed by atoms with van der Waals surface area (Å²) < 4.78 is 4.75. The van der Waals surface area contributed by atoms with Gasteiger partial charge in [0.05, 0.1) is 24.4 Å². The van der Waals surface area contributed by atoms with Gasteiger partial charge in [-0.15, -0.1) is 0 Å². The van der Waals surface area contributed by atoms with Crippen molar-refractivity contribution in [2.45, 2.75) is 51.3 Å². The van der Waals surface area contributed by atoms with Gasteiger partial charge in [0.25, 0.3) is 5.56 Å². The maximum Gasteiger partial charge on any atom is 0.279 e. The largest absolute Gasteiger partial charge is 0.388 e. The predicted octanol–water partition coefficient (Wildman–Crippen LogP) is 2.07. The molecule has 182 valence electrons. The molecule has 0 aliphatic carbocycles. The van der Waals surface area contributed by atoms with Crippen molar-refractivity contribution < 1.29 is 9.90 Å². The summed E-state index contributed by atoms with van der Waals surface area (Å²) in [5.74, 6) is 0.636. The molecule has 35 heavy (non-hydrogen) atoms. The standard InChI is InChI=1S/C25H29N7O3/c1-18-4-6-20(7-5-18)23-26-15-21-24(34)30(17-28-32(21)23)16-25(35)8-12-29(13-9-25)22(33)14-19(2)31-11-3-10-27-31/h3-7,10-11,15,17,19,35H,8-9,12-14,16H2,1-2H3/t19-/m0/s1. The second kappa shape index (κ2) is 9.10. The Balaban J connectivity index is 1.26. The highest BCUT2D eigenvalue weighted by Gasteiger charge is 2.35. The Kier molecular flexibility index (Phi) is 5.98. The maximum atomic E-state index is 13.1. The van der Waals surface area contributed by atoms with Crippen molar-refractivity contribution in [2.24, 2.45) is 0 Å². The van der Waals surface area contributed by atoms with E-state index in [4.69, 9.17) is 0 Å². The van der Waals surface area contributed by atoms with Crippen LogP contribution in [0, 0.1) is 6.92 Å². The van der Waals surface area contributed by atoms with Crippen LogP contribution in [-0.2, 0) is 11.3 Å². The van der Waals surface area contributed by atoms with Crippen molar-refractivity contribution in [1.29, 1.82) is 0 Å². The zero-order chi connectivity index (χ0) is 24.6. The topological polar surface area (TPSA) is 111 Å². The van der Waals surface area contributed by atoms with E-state index in [1.165, 1.54) is 21.6 Å². The van der Waals surface area contributed by atoms with Crippen molar-refractivity contribution in [3.63, 3.8) is 0 Å². The minimum absolute atomic E-state index is 0.0323. The Hall–Kier alpha value is -3.79. The molecule has 5 rings (SSSR count). The van der Waals surface area contributed by atoms with Crippen LogP contribution in [0.2, 0.25) is 0 Å². The quantitative estimate of drug-likeness (QED) is 0.457. The smallest absolute Gasteiger partial charge is 0.279 e. The molecule has 1 aliphatic heterocycles. The number of nitrogens with zero attached hydrogens (tertiary/aromatic N) is 7. The summed E-state index contributed by atoms with van der Waals surface area (Å²) >= 11 is 0. The van der Waals surface area contributed by atoms with Crippen LogP contribution >= 0.6 is 0 Å². The minimum atomic E-state index is -1.09. The van der Waals surface area contributed by atoms with Crippen LogP contribution in [0.4, 0.5) is 0 Å². The van der Waals surface area contributed by atoms with Gasteiger partial charge >= 0.3 is 0 Å². The fraction of sp³-hybridized carbons (Fsp3) is 0.400. The molecular weight excluding hydrogens is 446 g/mol. The third-order valence-corrected chi connectivity index (χ3v) is 6.79. The molecular formula is C25H29N7O3. The molecule has 0 unspecified atom stereocenters. The van der Waals surface area contributed by atoms with Gasteiger partial charge in [-0.2, -0.15) is 10.2 Å². The van der Waals surface area contributed by atoms with Crippen molar-refractivity contribution in [3.05, 3.63) is 71.2 Å². The fourth-order valence-electron chi connectivity index (χ4n) is 4.60. The highest BCUT2D eigenvalue weighted by molar-refractivity contribution is 5.76. The molecule has 10 nitrogen and oxygen atoms in total. The third kappa shape index (κ3) is 4.61. The highest BCUT2D eigenvalue weighted by atomic mass is 16.3. The van der Waals surface area contributed by atoms with E-state index in [2.05, 4.69) is 15.2 Å². The van der Waals surface area contributed by atoms with Gasteiger partial charge in [-0.1, -0.05) is 29.8 Å². The fourth-order valence-corrected chi connectivity index (χ4v) is 4.60. The van der Waals surface area contributed by atoms with Crippen LogP contribution in [0.5, 0.6) is 0 Å². The van der Waals surface area contributed by atoms with Gasteiger partial charge in [0, 0.05) is 37.5 Å². The maximum absolute atomic E-state index is 13.1. The lowest BCUT2D eigenvalue weighted by Gasteiger charge is -2.38. The molecule has 1 saturated heterocycles. The van der Waals surface area contributed by atoms with Crippen LogP contribution in [0.25, 0.3) is 16.9 Å². The number of hydrogen-bond donors (Lipinski definition) is 1. The van der Waals surface area contributed by atoms with Crippen LogP contribution in [0.1, 0.15) is 37.8 Å². The van der Waals surface area contributed by atoms with Crippen LogP contribution in [-0.4, -0.2) is 63.5 Å². The lowest BCUT2D eigenvalue weighted by molar-refractivity contribution is -0.136. The third-order valence-electron chi connectivity index (χ3n) is 6.79. The number of hydrogen-bond acceptors (Lipinski definition) is 6. The molecule has 1 amide bonds. The van der Waals surface area contributed by atoms with Gasteiger partial charge < -0.3 is 10.0 Å². The Morgan fingerprint density at radius 1 is 1.17 bits per heavy atom. The first kappa shape index (κ1) is 23.0. The van der Waals surface area contributed by atoms with Gasteiger partial charge in [0.1, 0.15) is 6.33 Å². The molecule has 10 heteroatoms. The number of carbonyl (C=O) groups excluding carboxylic acids is 1. The van der Waals surface area contributed by atoms with Crippen molar-refractivity contribution >= 4 is 11.4 Å². The molecule has 3 aromatic heterocycles. The Bertz CT molecular complexity index is 1380. The lowest BCUT2D eigenvalue weighted by Crippen LogP contribution is -2.50. The first-order chi connectivity index (χ1) is 16.8. The summed E-state index contributed by atoms with van der Waals surface area (Å²) in [6.07, 6.45) is 7.65. The van der Waals surface area contributed by atoms with E-state index in [1.54, 1.807) is 15.8 Å². The Labute approximate surface area is 202 Å². The van der Waals surface area contributed by atoms with Gasteiger partial charge in [-0.05, 0) is 32.8 Å². The number of carbonyl (C=O) groups is 1.